The van der Waals surface area contributed by atoms with E-state index < -0.39 is 9.05 Å². The third-order valence-corrected chi connectivity index (χ3v) is 3.76. The minimum Gasteiger partial charge on any atom is -0.381 e. The van der Waals surface area contributed by atoms with E-state index in [1.165, 1.54) is 19.3 Å². The predicted molar refractivity (Wildman–Crippen MR) is 61.7 cm³/mol. The van der Waals surface area contributed by atoms with E-state index >= 15 is 0 Å². The molecule has 0 unspecified atom stereocenters. The average Bonchev–Trinajstić information content (AvgIpc) is 2.91. The van der Waals surface area contributed by atoms with Crippen LogP contribution in [-0.4, -0.2) is 27.4 Å². The summed E-state index contributed by atoms with van der Waals surface area (Å²) in [5.41, 5.74) is 0. The van der Waals surface area contributed by atoms with Crippen LogP contribution in [0, 0.1) is 5.92 Å². The van der Waals surface area contributed by atoms with Crippen molar-refractivity contribution in [2.75, 3.05) is 19.0 Å². The van der Waals surface area contributed by atoms with Crippen molar-refractivity contribution in [1.82, 2.24) is 0 Å². The monoisotopic (exact) mass is 254 g/mol. The van der Waals surface area contributed by atoms with Crippen LogP contribution in [-0.2, 0) is 13.8 Å². The van der Waals surface area contributed by atoms with Crippen LogP contribution in [0.1, 0.15) is 38.5 Å². The summed E-state index contributed by atoms with van der Waals surface area (Å²) in [4.78, 5) is 0. The first-order chi connectivity index (χ1) is 7.08. The van der Waals surface area contributed by atoms with E-state index in [2.05, 4.69) is 0 Å². The summed E-state index contributed by atoms with van der Waals surface area (Å²) in [6.07, 6.45) is 6.58. The zero-order valence-electron chi connectivity index (χ0n) is 8.95. The van der Waals surface area contributed by atoms with Crippen LogP contribution in [0.25, 0.3) is 0 Å². The number of halogens is 1. The van der Waals surface area contributed by atoms with Gasteiger partial charge in [-0.1, -0.05) is 12.8 Å². The van der Waals surface area contributed by atoms with Crippen molar-refractivity contribution in [2.24, 2.45) is 5.92 Å². The Morgan fingerprint density at radius 2 is 1.80 bits per heavy atom. The third-order valence-electron chi connectivity index (χ3n) is 2.52. The molecular weight excluding hydrogens is 236 g/mol. The van der Waals surface area contributed by atoms with Crippen molar-refractivity contribution >= 4 is 19.7 Å². The van der Waals surface area contributed by atoms with E-state index in [9.17, 15) is 8.42 Å². The van der Waals surface area contributed by atoms with Crippen LogP contribution < -0.4 is 0 Å². The first-order valence-corrected chi connectivity index (χ1v) is 8.06. The Kier molecular flexibility index (Phi) is 5.94. The molecule has 15 heavy (non-hydrogen) atoms. The van der Waals surface area contributed by atoms with Crippen molar-refractivity contribution in [1.29, 1.82) is 0 Å². The lowest BCUT2D eigenvalue weighted by Crippen LogP contribution is -2.01. The second kappa shape index (κ2) is 6.71. The van der Waals surface area contributed by atoms with Crippen LogP contribution in [0.4, 0.5) is 0 Å². The largest absolute Gasteiger partial charge is 0.381 e. The minimum absolute atomic E-state index is 0.0555. The zero-order valence-corrected chi connectivity index (χ0v) is 10.5. The topological polar surface area (TPSA) is 43.4 Å². The molecule has 0 saturated heterocycles. The molecule has 0 aromatic carbocycles. The molecule has 0 bridgehead atoms. The third kappa shape index (κ3) is 9.15. The zero-order chi connectivity index (χ0) is 11.1. The Morgan fingerprint density at radius 3 is 2.40 bits per heavy atom. The fourth-order valence-electron chi connectivity index (χ4n) is 1.46. The van der Waals surface area contributed by atoms with E-state index in [1.807, 2.05) is 0 Å². The van der Waals surface area contributed by atoms with Gasteiger partial charge in [0.1, 0.15) is 0 Å². The highest BCUT2D eigenvalue weighted by Crippen LogP contribution is 2.33. The van der Waals surface area contributed by atoms with Gasteiger partial charge in [0.05, 0.1) is 5.75 Å². The molecular formula is C10H19ClO3S. The summed E-state index contributed by atoms with van der Waals surface area (Å²) in [6.45, 7) is 1.46. The molecule has 1 aliphatic carbocycles. The van der Waals surface area contributed by atoms with Crippen LogP contribution in [0.15, 0.2) is 0 Å². The van der Waals surface area contributed by atoms with Gasteiger partial charge in [0.2, 0.25) is 9.05 Å². The molecule has 5 heteroatoms. The maximum atomic E-state index is 10.6. The molecule has 1 aliphatic rings. The SMILES string of the molecule is O=S(=O)(Cl)CCCCOCCCC1CC1. The summed E-state index contributed by atoms with van der Waals surface area (Å²) in [5, 5.41) is 0. The average molecular weight is 255 g/mol. The molecule has 0 aliphatic heterocycles. The molecule has 0 heterocycles. The Morgan fingerprint density at radius 1 is 1.13 bits per heavy atom. The fraction of sp³-hybridized carbons (Fsp3) is 1.00. The number of rotatable bonds is 9. The summed E-state index contributed by atoms with van der Waals surface area (Å²) in [5.74, 6) is 1.02. The lowest BCUT2D eigenvalue weighted by Gasteiger charge is -2.02. The van der Waals surface area contributed by atoms with Gasteiger partial charge in [-0.05, 0) is 31.6 Å². The van der Waals surface area contributed by atoms with Gasteiger partial charge in [-0.2, -0.15) is 0 Å². The van der Waals surface area contributed by atoms with Gasteiger partial charge >= 0.3 is 0 Å². The molecule has 0 amide bonds. The van der Waals surface area contributed by atoms with Gasteiger partial charge in [0, 0.05) is 23.9 Å². The van der Waals surface area contributed by atoms with Crippen molar-refractivity contribution in [3.63, 3.8) is 0 Å². The highest BCUT2D eigenvalue weighted by molar-refractivity contribution is 8.13. The highest BCUT2D eigenvalue weighted by atomic mass is 35.7. The summed E-state index contributed by atoms with van der Waals surface area (Å²) in [6, 6.07) is 0. The summed E-state index contributed by atoms with van der Waals surface area (Å²) >= 11 is 0. The first-order valence-electron chi connectivity index (χ1n) is 5.58. The van der Waals surface area contributed by atoms with E-state index in [1.54, 1.807) is 0 Å². The number of hydrogen-bond acceptors (Lipinski definition) is 3. The van der Waals surface area contributed by atoms with Gasteiger partial charge < -0.3 is 4.74 Å². The first kappa shape index (κ1) is 13.3. The van der Waals surface area contributed by atoms with Crippen LogP contribution in [0.5, 0.6) is 0 Å². The Balaban J connectivity index is 1.76. The number of ether oxygens (including phenoxy) is 1. The molecule has 1 fully saturated rings. The molecule has 3 nitrogen and oxygen atoms in total. The smallest absolute Gasteiger partial charge is 0.232 e. The molecule has 0 aromatic rings. The molecule has 90 valence electrons. The molecule has 0 spiro atoms. The molecule has 1 rings (SSSR count). The van der Waals surface area contributed by atoms with Crippen molar-refractivity contribution in [3.8, 4) is 0 Å². The minimum atomic E-state index is -3.31. The molecule has 0 aromatic heterocycles. The Bertz CT molecular complexity index is 260. The van der Waals surface area contributed by atoms with Crippen molar-refractivity contribution < 1.29 is 13.2 Å². The van der Waals surface area contributed by atoms with Gasteiger partial charge in [-0.15, -0.1) is 0 Å². The summed E-state index contributed by atoms with van der Waals surface area (Å²) in [7, 11) is 1.76. The van der Waals surface area contributed by atoms with E-state index in [0.29, 0.717) is 13.0 Å². The van der Waals surface area contributed by atoms with Crippen LogP contribution in [0.2, 0.25) is 0 Å². The standard InChI is InChI=1S/C10H19ClO3S/c11-15(12,13)9-2-1-7-14-8-3-4-10-5-6-10/h10H,1-9H2. The normalized spacial score (nSPS) is 16.9. The van der Waals surface area contributed by atoms with E-state index in [4.69, 9.17) is 15.4 Å². The van der Waals surface area contributed by atoms with E-state index in [0.717, 1.165) is 25.4 Å². The summed E-state index contributed by atoms with van der Waals surface area (Å²) < 4.78 is 26.5. The Hall–Kier alpha value is 0.200. The highest BCUT2D eigenvalue weighted by Gasteiger charge is 2.19. The molecule has 0 N–H and O–H groups in total. The van der Waals surface area contributed by atoms with Gasteiger partial charge in [-0.3, -0.25) is 0 Å². The second-order valence-electron chi connectivity index (χ2n) is 4.15. The second-order valence-corrected chi connectivity index (χ2v) is 7.04. The maximum absolute atomic E-state index is 10.6. The molecule has 0 radical (unpaired) electrons. The van der Waals surface area contributed by atoms with E-state index in [-0.39, 0.29) is 5.75 Å². The van der Waals surface area contributed by atoms with Crippen LogP contribution >= 0.6 is 10.7 Å². The quantitative estimate of drug-likeness (QED) is 0.469. The number of unbranched alkanes of at least 4 members (excludes halogenated alkanes) is 1. The van der Waals surface area contributed by atoms with Gasteiger partial charge in [0.15, 0.2) is 0 Å². The lowest BCUT2D eigenvalue weighted by atomic mass is 10.2. The fourth-order valence-corrected chi connectivity index (χ4v) is 2.34. The van der Waals surface area contributed by atoms with Crippen molar-refractivity contribution in [2.45, 2.75) is 38.5 Å². The van der Waals surface area contributed by atoms with Crippen LogP contribution in [0.3, 0.4) is 0 Å². The molecule has 1 saturated carbocycles. The van der Waals surface area contributed by atoms with Gasteiger partial charge in [-0.25, -0.2) is 8.42 Å². The van der Waals surface area contributed by atoms with Gasteiger partial charge in [0.25, 0.3) is 0 Å². The Labute approximate surface area is 96.6 Å². The number of hydrogen-bond donors (Lipinski definition) is 0. The predicted octanol–water partition coefficient (Wildman–Crippen LogP) is 2.54. The lowest BCUT2D eigenvalue weighted by molar-refractivity contribution is 0.126. The maximum Gasteiger partial charge on any atom is 0.232 e. The van der Waals surface area contributed by atoms with Crippen molar-refractivity contribution in [3.05, 3.63) is 0 Å². The molecule has 0 atom stereocenters.